The van der Waals surface area contributed by atoms with Crippen LogP contribution in [-0.4, -0.2) is 29.0 Å². The number of piperidine rings is 1. The van der Waals surface area contributed by atoms with Crippen molar-refractivity contribution in [1.29, 1.82) is 0 Å². The summed E-state index contributed by atoms with van der Waals surface area (Å²) in [5.74, 6) is 0.760. The molecule has 1 aliphatic rings. The van der Waals surface area contributed by atoms with Crippen molar-refractivity contribution in [2.24, 2.45) is 5.92 Å². The van der Waals surface area contributed by atoms with Crippen molar-refractivity contribution in [1.82, 2.24) is 15.3 Å². The molecule has 0 unspecified atom stereocenters. The number of anilines is 1. The van der Waals surface area contributed by atoms with Gasteiger partial charge in [-0.3, -0.25) is 14.8 Å². The first-order valence-corrected chi connectivity index (χ1v) is 7.52. The minimum Gasteiger partial charge on any atom is -0.326 e. The van der Waals surface area contributed by atoms with Gasteiger partial charge >= 0.3 is 0 Å². The van der Waals surface area contributed by atoms with E-state index in [1.54, 1.807) is 12.4 Å². The van der Waals surface area contributed by atoms with E-state index in [1.807, 2.05) is 18.2 Å². The van der Waals surface area contributed by atoms with Gasteiger partial charge < -0.3 is 10.6 Å². The third-order valence-corrected chi connectivity index (χ3v) is 3.99. The first-order chi connectivity index (χ1) is 10.3. The predicted octanol–water partition coefficient (Wildman–Crippen LogP) is 2.35. The molecule has 0 bridgehead atoms. The Morgan fingerprint density at radius 1 is 1.19 bits per heavy atom. The molecule has 2 heterocycles. The van der Waals surface area contributed by atoms with Gasteiger partial charge in [0, 0.05) is 24.5 Å². The molecule has 1 aromatic carbocycles. The Morgan fingerprint density at radius 2 is 1.95 bits per heavy atom. The Balaban J connectivity index is 1.55. The second kappa shape index (κ2) is 6.63. The van der Waals surface area contributed by atoms with E-state index in [0.717, 1.165) is 36.2 Å². The Bertz CT molecular complexity index is 622. The monoisotopic (exact) mass is 284 g/mol. The summed E-state index contributed by atoms with van der Waals surface area (Å²) in [6.45, 7) is 2.16. The van der Waals surface area contributed by atoms with Gasteiger partial charge in [0.15, 0.2) is 0 Å². The highest BCUT2D eigenvalue weighted by Crippen LogP contribution is 2.19. The summed E-state index contributed by atoms with van der Waals surface area (Å²) in [4.78, 5) is 20.5. The molecule has 1 aliphatic heterocycles. The molecule has 0 aliphatic carbocycles. The molecule has 1 saturated heterocycles. The maximum atomic E-state index is 12.0. The minimum absolute atomic E-state index is 0.0803. The molecule has 2 N–H and O–H groups in total. The zero-order chi connectivity index (χ0) is 14.5. The lowest BCUT2D eigenvalue weighted by Crippen LogP contribution is -2.28. The zero-order valence-electron chi connectivity index (χ0n) is 12.0. The molecule has 21 heavy (non-hydrogen) atoms. The van der Waals surface area contributed by atoms with E-state index in [1.165, 1.54) is 12.8 Å². The number of fused-ring (bicyclic) bond motifs is 1. The van der Waals surface area contributed by atoms with Crippen molar-refractivity contribution in [2.75, 3.05) is 18.4 Å². The Hall–Kier alpha value is -2.01. The number of carbonyl (C=O) groups is 1. The van der Waals surface area contributed by atoms with Crippen LogP contribution < -0.4 is 10.6 Å². The molecule has 1 fully saturated rings. The maximum Gasteiger partial charge on any atom is 0.224 e. The molecule has 0 saturated carbocycles. The first kappa shape index (κ1) is 13.9. The molecule has 0 radical (unpaired) electrons. The maximum absolute atomic E-state index is 12.0. The SMILES string of the molecule is O=C(CCC1CCNCC1)Nc1ccc2nccnc2c1. The Morgan fingerprint density at radius 3 is 2.76 bits per heavy atom. The number of rotatable bonds is 4. The van der Waals surface area contributed by atoms with Gasteiger partial charge in [0.2, 0.25) is 5.91 Å². The van der Waals surface area contributed by atoms with Crippen LogP contribution >= 0.6 is 0 Å². The van der Waals surface area contributed by atoms with Gasteiger partial charge in [-0.2, -0.15) is 0 Å². The third kappa shape index (κ3) is 3.76. The number of benzene rings is 1. The molecule has 1 amide bonds. The minimum atomic E-state index is 0.0803. The number of hydrogen-bond donors (Lipinski definition) is 2. The van der Waals surface area contributed by atoms with Crippen LogP contribution in [0.25, 0.3) is 11.0 Å². The average Bonchev–Trinajstić information content (AvgIpc) is 2.54. The summed E-state index contributed by atoms with van der Waals surface area (Å²) in [5.41, 5.74) is 2.43. The lowest BCUT2D eigenvalue weighted by atomic mass is 9.93. The molecule has 1 aromatic heterocycles. The molecule has 3 rings (SSSR count). The normalized spacial score (nSPS) is 16.0. The highest BCUT2D eigenvalue weighted by atomic mass is 16.1. The first-order valence-electron chi connectivity index (χ1n) is 7.52. The summed E-state index contributed by atoms with van der Waals surface area (Å²) >= 11 is 0. The van der Waals surface area contributed by atoms with Gasteiger partial charge in [-0.15, -0.1) is 0 Å². The average molecular weight is 284 g/mol. The predicted molar refractivity (Wildman–Crippen MR) is 83.0 cm³/mol. The number of nitrogens with zero attached hydrogens (tertiary/aromatic N) is 2. The summed E-state index contributed by atoms with van der Waals surface area (Å²) in [7, 11) is 0. The van der Waals surface area contributed by atoms with Gasteiger partial charge in [0.1, 0.15) is 0 Å². The van der Waals surface area contributed by atoms with Crippen LogP contribution in [0.15, 0.2) is 30.6 Å². The Kier molecular flexibility index (Phi) is 4.40. The van der Waals surface area contributed by atoms with Crippen LogP contribution in [0.5, 0.6) is 0 Å². The number of hydrogen-bond acceptors (Lipinski definition) is 4. The molecule has 110 valence electrons. The summed E-state index contributed by atoms with van der Waals surface area (Å²) in [6, 6.07) is 5.62. The molecule has 0 spiro atoms. The van der Waals surface area contributed by atoms with Crippen molar-refractivity contribution >= 4 is 22.6 Å². The third-order valence-electron chi connectivity index (χ3n) is 3.99. The van der Waals surface area contributed by atoms with Crippen molar-refractivity contribution in [3.05, 3.63) is 30.6 Å². The highest BCUT2D eigenvalue weighted by Gasteiger charge is 2.14. The molecule has 0 atom stereocenters. The van der Waals surface area contributed by atoms with Crippen molar-refractivity contribution in [3.63, 3.8) is 0 Å². The molecular weight excluding hydrogens is 264 g/mol. The van der Waals surface area contributed by atoms with Crippen molar-refractivity contribution in [3.8, 4) is 0 Å². The lowest BCUT2D eigenvalue weighted by molar-refractivity contribution is -0.116. The Labute approximate surface area is 124 Å². The molecule has 2 aromatic rings. The van der Waals surface area contributed by atoms with Crippen molar-refractivity contribution in [2.45, 2.75) is 25.7 Å². The zero-order valence-corrected chi connectivity index (χ0v) is 12.0. The fraction of sp³-hybridized carbons (Fsp3) is 0.438. The molecule has 5 heteroatoms. The summed E-state index contributed by atoms with van der Waals surface area (Å²) in [5, 5.41) is 6.30. The smallest absolute Gasteiger partial charge is 0.224 e. The largest absolute Gasteiger partial charge is 0.326 e. The van der Waals surface area contributed by atoms with Gasteiger partial charge in [0.25, 0.3) is 0 Å². The summed E-state index contributed by atoms with van der Waals surface area (Å²) in [6.07, 6.45) is 7.24. The van der Waals surface area contributed by atoms with E-state index >= 15 is 0 Å². The number of aromatic nitrogens is 2. The quantitative estimate of drug-likeness (QED) is 0.904. The van der Waals surface area contributed by atoms with E-state index in [9.17, 15) is 4.79 Å². The fourth-order valence-corrected chi connectivity index (χ4v) is 2.77. The van der Waals surface area contributed by atoms with Crippen LogP contribution in [0.2, 0.25) is 0 Å². The number of nitrogens with one attached hydrogen (secondary N) is 2. The number of amides is 1. The van der Waals surface area contributed by atoms with Gasteiger partial charge in [-0.1, -0.05) is 0 Å². The topological polar surface area (TPSA) is 66.9 Å². The standard InChI is InChI=1S/C16H20N4O/c21-16(4-1-12-5-7-17-8-6-12)20-13-2-3-14-15(11-13)19-10-9-18-14/h2-3,9-12,17H,1,4-8H2,(H,20,21). The highest BCUT2D eigenvalue weighted by molar-refractivity contribution is 5.92. The van der Waals surface area contributed by atoms with Crippen LogP contribution in [-0.2, 0) is 4.79 Å². The van der Waals surface area contributed by atoms with Crippen LogP contribution in [0.4, 0.5) is 5.69 Å². The van der Waals surface area contributed by atoms with E-state index in [-0.39, 0.29) is 5.91 Å². The lowest BCUT2D eigenvalue weighted by Gasteiger charge is -2.22. The van der Waals surface area contributed by atoms with Gasteiger partial charge in [-0.25, -0.2) is 0 Å². The molecule has 5 nitrogen and oxygen atoms in total. The van der Waals surface area contributed by atoms with Gasteiger partial charge in [0.05, 0.1) is 11.0 Å². The van der Waals surface area contributed by atoms with Gasteiger partial charge in [-0.05, 0) is 56.5 Å². The second-order valence-electron chi connectivity index (χ2n) is 5.54. The van der Waals surface area contributed by atoms with E-state index in [4.69, 9.17) is 0 Å². The number of carbonyl (C=O) groups excluding carboxylic acids is 1. The van der Waals surface area contributed by atoms with E-state index in [2.05, 4.69) is 20.6 Å². The van der Waals surface area contributed by atoms with E-state index < -0.39 is 0 Å². The van der Waals surface area contributed by atoms with Crippen LogP contribution in [0.1, 0.15) is 25.7 Å². The van der Waals surface area contributed by atoms with Crippen LogP contribution in [0.3, 0.4) is 0 Å². The summed E-state index contributed by atoms with van der Waals surface area (Å²) < 4.78 is 0. The van der Waals surface area contributed by atoms with Crippen molar-refractivity contribution < 1.29 is 4.79 Å². The molecular formula is C16H20N4O. The fourth-order valence-electron chi connectivity index (χ4n) is 2.77. The van der Waals surface area contributed by atoms with E-state index in [0.29, 0.717) is 12.3 Å². The van der Waals surface area contributed by atoms with Crippen LogP contribution in [0, 0.1) is 5.92 Å². The second-order valence-corrected chi connectivity index (χ2v) is 5.54.